The molecule has 1 aliphatic rings. The molecule has 4 rings (SSSR count). The number of aromatic nitrogens is 3. The van der Waals surface area contributed by atoms with Crippen LogP contribution in [0.1, 0.15) is 24.1 Å². The minimum atomic E-state index is -5.08. The van der Waals surface area contributed by atoms with Gasteiger partial charge in [-0.05, 0) is 51.0 Å². The van der Waals surface area contributed by atoms with Crippen LogP contribution in [0.5, 0.6) is 0 Å². The number of aryl methyl sites for hydroxylation is 1. The summed E-state index contributed by atoms with van der Waals surface area (Å²) in [5.74, 6) is -1.37. The van der Waals surface area contributed by atoms with E-state index >= 15 is 0 Å². The minimum Gasteiger partial charge on any atom is -0.475 e. The van der Waals surface area contributed by atoms with Gasteiger partial charge in [-0.3, -0.25) is 0 Å². The Hall–Kier alpha value is -3.72. The first-order valence-corrected chi connectivity index (χ1v) is 12.0. The van der Waals surface area contributed by atoms with Gasteiger partial charge in [-0.15, -0.1) is 0 Å². The van der Waals surface area contributed by atoms with Gasteiger partial charge in [-0.25, -0.2) is 18.2 Å². The minimum absolute atomic E-state index is 0.256. The van der Waals surface area contributed by atoms with Crippen molar-refractivity contribution in [3.8, 4) is 0 Å². The number of alkyl halides is 3. The fourth-order valence-corrected chi connectivity index (χ4v) is 4.64. The van der Waals surface area contributed by atoms with Crippen molar-refractivity contribution in [2.24, 2.45) is 0 Å². The Balaban J connectivity index is 0.000000454. The van der Waals surface area contributed by atoms with Crippen molar-refractivity contribution in [1.82, 2.24) is 19.4 Å². The van der Waals surface area contributed by atoms with Gasteiger partial charge < -0.3 is 20.3 Å². The molecule has 1 fully saturated rings. The third-order valence-corrected chi connectivity index (χ3v) is 6.98. The maximum absolute atomic E-state index is 12.8. The molecule has 1 aromatic carbocycles. The number of hydrogen-bond acceptors (Lipinski definition) is 9. The van der Waals surface area contributed by atoms with Crippen LogP contribution in [0.2, 0.25) is 0 Å². The van der Waals surface area contributed by atoms with Crippen molar-refractivity contribution >= 4 is 39.3 Å². The first-order chi connectivity index (χ1) is 16.9. The number of carboxylic acid groups (broad SMARTS) is 1. The second kappa shape index (κ2) is 10.9. The smallest absolute Gasteiger partial charge is 0.475 e. The standard InChI is InChI=1S/C19H22N6O3S.C2HF3O2/c1-13-14(2)24-28-18(13)22-17-8-9-20-19(23-17)21-15-6-5-7-16(12-15)29(26,27)25-10-3-4-11-25;3-2(4,5)1(6)7/h5-9,12H,3-4,10-11H2,1-2H3,(H2,20,21,22,23);(H,6,7). The highest BCUT2D eigenvalue weighted by Gasteiger charge is 2.38. The average Bonchev–Trinajstić information content (AvgIpc) is 3.47. The van der Waals surface area contributed by atoms with Crippen LogP contribution in [0.4, 0.5) is 36.5 Å². The van der Waals surface area contributed by atoms with Crippen LogP contribution in [0, 0.1) is 13.8 Å². The van der Waals surface area contributed by atoms with E-state index in [4.69, 9.17) is 14.4 Å². The number of aliphatic carboxylic acids is 1. The summed E-state index contributed by atoms with van der Waals surface area (Å²) in [6.45, 7) is 4.90. The van der Waals surface area contributed by atoms with Gasteiger partial charge in [0.1, 0.15) is 5.82 Å². The largest absolute Gasteiger partial charge is 0.490 e. The van der Waals surface area contributed by atoms with Gasteiger partial charge in [-0.1, -0.05) is 11.2 Å². The van der Waals surface area contributed by atoms with Gasteiger partial charge in [0.15, 0.2) is 0 Å². The van der Waals surface area contributed by atoms with Crippen LogP contribution in [-0.2, 0) is 14.8 Å². The normalized spacial score (nSPS) is 14.1. The first-order valence-electron chi connectivity index (χ1n) is 10.6. The molecule has 0 bridgehead atoms. The summed E-state index contributed by atoms with van der Waals surface area (Å²) in [5, 5.41) is 17.2. The SMILES string of the molecule is Cc1noc(Nc2ccnc(Nc3cccc(S(=O)(=O)N4CCCC4)c3)n2)c1C.O=C(O)C(F)(F)F. The highest BCUT2D eigenvalue weighted by Crippen LogP contribution is 2.25. The molecular weight excluding hydrogens is 505 g/mol. The molecule has 11 nitrogen and oxygen atoms in total. The Labute approximate surface area is 204 Å². The maximum Gasteiger partial charge on any atom is 0.490 e. The third-order valence-electron chi connectivity index (χ3n) is 5.09. The monoisotopic (exact) mass is 528 g/mol. The quantitative estimate of drug-likeness (QED) is 0.428. The second-order valence-electron chi connectivity index (χ2n) is 7.68. The maximum atomic E-state index is 12.8. The van der Waals surface area contributed by atoms with E-state index in [0.717, 1.165) is 24.1 Å². The van der Waals surface area contributed by atoms with Crippen LogP contribution in [-0.4, -0.2) is 58.2 Å². The number of benzene rings is 1. The average molecular weight is 529 g/mol. The number of carbonyl (C=O) groups is 1. The molecule has 194 valence electrons. The molecule has 3 N–H and O–H groups in total. The van der Waals surface area contributed by atoms with Gasteiger partial charge in [0.25, 0.3) is 0 Å². The summed E-state index contributed by atoms with van der Waals surface area (Å²) in [4.78, 5) is 17.8. The van der Waals surface area contributed by atoms with Crippen LogP contribution < -0.4 is 10.6 Å². The Kier molecular flexibility index (Phi) is 8.14. The predicted octanol–water partition coefficient (Wildman–Crippen LogP) is 3.99. The van der Waals surface area contributed by atoms with E-state index in [1.807, 2.05) is 13.8 Å². The highest BCUT2D eigenvalue weighted by molar-refractivity contribution is 7.89. The Morgan fingerprint density at radius 1 is 1.14 bits per heavy atom. The lowest BCUT2D eigenvalue weighted by Gasteiger charge is -2.16. The van der Waals surface area contributed by atoms with Crippen molar-refractivity contribution < 1.29 is 36.0 Å². The summed E-state index contributed by atoms with van der Waals surface area (Å²) in [6.07, 6.45) is -1.69. The zero-order valence-electron chi connectivity index (χ0n) is 19.2. The molecule has 1 aliphatic heterocycles. The summed E-state index contributed by atoms with van der Waals surface area (Å²) in [6, 6.07) is 8.38. The van der Waals surface area contributed by atoms with Crippen LogP contribution in [0.3, 0.4) is 0 Å². The first kappa shape index (κ1) is 26.9. The van der Waals surface area contributed by atoms with Gasteiger partial charge in [0.05, 0.1) is 10.6 Å². The predicted molar refractivity (Wildman–Crippen MR) is 123 cm³/mol. The topological polar surface area (TPSA) is 151 Å². The Morgan fingerprint density at radius 3 is 2.39 bits per heavy atom. The molecule has 0 aliphatic carbocycles. The Morgan fingerprint density at radius 2 is 1.81 bits per heavy atom. The number of anilines is 4. The van der Waals surface area contributed by atoms with Crippen LogP contribution >= 0.6 is 0 Å². The lowest BCUT2D eigenvalue weighted by Crippen LogP contribution is -2.27. The number of nitrogens with one attached hydrogen (secondary N) is 2. The summed E-state index contributed by atoms with van der Waals surface area (Å²) < 4.78 is 64.0. The van der Waals surface area contributed by atoms with Crippen molar-refractivity contribution in [3.05, 3.63) is 47.8 Å². The molecule has 15 heteroatoms. The van der Waals surface area contributed by atoms with Gasteiger partial charge >= 0.3 is 12.1 Å². The van der Waals surface area contributed by atoms with E-state index in [1.165, 1.54) is 4.31 Å². The molecule has 1 saturated heterocycles. The molecule has 0 saturated carbocycles. The lowest BCUT2D eigenvalue weighted by molar-refractivity contribution is -0.192. The number of sulfonamides is 1. The molecule has 0 atom stereocenters. The number of nitrogens with zero attached hydrogens (tertiary/aromatic N) is 4. The van der Waals surface area contributed by atoms with Crippen LogP contribution in [0.15, 0.2) is 45.9 Å². The van der Waals surface area contributed by atoms with Gasteiger partial charge in [0.2, 0.25) is 21.9 Å². The van der Waals surface area contributed by atoms with Gasteiger partial charge in [0, 0.05) is 30.5 Å². The third kappa shape index (κ3) is 6.69. The summed E-state index contributed by atoms with van der Waals surface area (Å²) in [5.41, 5.74) is 2.29. The number of rotatable bonds is 6. The lowest BCUT2D eigenvalue weighted by atomic mass is 10.3. The summed E-state index contributed by atoms with van der Waals surface area (Å²) >= 11 is 0. The second-order valence-corrected chi connectivity index (χ2v) is 9.62. The number of carboxylic acids is 1. The zero-order chi connectivity index (χ0) is 26.5. The van der Waals surface area contributed by atoms with Gasteiger partial charge in [-0.2, -0.15) is 22.5 Å². The fourth-order valence-electron chi connectivity index (χ4n) is 3.08. The molecule has 0 spiro atoms. The molecule has 3 heterocycles. The Bertz CT molecular complexity index is 1320. The highest BCUT2D eigenvalue weighted by atomic mass is 32.2. The zero-order valence-corrected chi connectivity index (χ0v) is 20.0. The van der Waals surface area contributed by atoms with Crippen molar-refractivity contribution in [1.29, 1.82) is 0 Å². The van der Waals surface area contributed by atoms with E-state index in [1.54, 1.807) is 36.5 Å². The van der Waals surface area contributed by atoms with E-state index in [2.05, 4.69) is 25.8 Å². The summed E-state index contributed by atoms with van der Waals surface area (Å²) in [7, 11) is -3.48. The number of halogens is 3. The molecule has 3 aromatic rings. The van der Waals surface area contributed by atoms with E-state index < -0.39 is 22.2 Å². The van der Waals surface area contributed by atoms with Crippen molar-refractivity contribution in [2.45, 2.75) is 37.8 Å². The fraction of sp³-hybridized carbons (Fsp3) is 0.333. The van der Waals surface area contributed by atoms with Crippen molar-refractivity contribution in [2.75, 3.05) is 23.7 Å². The number of hydrogen-bond donors (Lipinski definition) is 3. The van der Waals surface area contributed by atoms with E-state index in [-0.39, 0.29) is 4.90 Å². The molecule has 0 amide bonds. The van der Waals surface area contributed by atoms with E-state index in [0.29, 0.717) is 36.4 Å². The van der Waals surface area contributed by atoms with Crippen molar-refractivity contribution in [3.63, 3.8) is 0 Å². The molecule has 36 heavy (non-hydrogen) atoms. The van der Waals surface area contributed by atoms with Crippen LogP contribution in [0.25, 0.3) is 0 Å². The molecule has 2 aromatic heterocycles. The molecular formula is C21H23F3N6O5S. The molecule has 0 radical (unpaired) electrons. The molecule has 0 unspecified atom stereocenters. The van der Waals surface area contributed by atoms with E-state index in [9.17, 15) is 21.6 Å².